The van der Waals surface area contributed by atoms with Gasteiger partial charge in [-0.2, -0.15) is 0 Å². The maximum absolute atomic E-state index is 13.5. The van der Waals surface area contributed by atoms with Crippen LogP contribution in [0.3, 0.4) is 0 Å². The molecule has 41 heavy (non-hydrogen) atoms. The van der Waals surface area contributed by atoms with Crippen molar-refractivity contribution in [2.45, 2.75) is 38.3 Å². The van der Waals surface area contributed by atoms with Crippen LogP contribution in [0.2, 0.25) is 5.02 Å². The first-order chi connectivity index (χ1) is 19.9. The molecule has 1 unspecified atom stereocenters. The van der Waals surface area contributed by atoms with Crippen LogP contribution in [0.1, 0.15) is 58.4 Å². The second-order valence-electron chi connectivity index (χ2n) is 10.6. The Morgan fingerprint density at radius 2 is 1.76 bits per heavy atom. The van der Waals surface area contributed by atoms with Gasteiger partial charge in [-0.25, -0.2) is 0 Å². The number of H-pyrrole nitrogens is 1. The number of benzene rings is 3. The van der Waals surface area contributed by atoms with E-state index in [4.69, 9.17) is 21.1 Å². The fraction of sp³-hybridized carbons (Fsp3) is 0.312. The van der Waals surface area contributed by atoms with E-state index >= 15 is 0 Å². The van der Waals surface area contributed by atoms with E-state index in [1.54, 1.807) is 24.3 Å². The highest BCUT2D eigenvalue weighted by atomic mass is 35.5. The summed E-state index contributed by atoms with van der Waals surface area (Å²) in [5, 5.41) is 15.1. The fourth-order valence-corrected chi connectivity index (χ4v) is 5.86. The molecule has 3 N–H and O–H groups in total. The first-order valence-corrected chi connectivity index (χ1v) is 14.4. The number of para-hydroxylation sites is 1. The Hall–Kier alpha value is -4.01. The summed E-state index contributed by atoms with van der Waals surface area (Å²) in [6.07, 6.45) is 3.83. The van der Waals surface area contributed by atoms with Gasteiger partial charge in [0.2, 0.25) is 0 Å². The number of carbonyl (C=O) groups excluding carboxylic acids is 2. The Kier molecular flexibility index (Phi) is 7.60. The molecule has 8 nitrogen and oxygen atoms in total. The zero-order chi connectivity index (χ0) is 28.5. The van der Waals surface area contributed by atoms with Crippen molar-refractivity contribution in [1.82, 2.24) is 15.2 Å². The van der Waals surface area contributed by atoms with Crippen LogP contribution >= 0.6 is 11.6 Å². The number of aromatic amines is 1. The minimum Gasteiger partial charge on any atom is -0.486 e. The summed E-state index contributed by atoms with van der Waals surface area (Å²) in [6, 6.07) is 16.6. The standard InChI is InChI=1S/C32H32ClN3O5/c1-19(25-18-34-27-8-4-3-7-22(25)27)30(37)35-31(38)24-15-21(17-28-29(24)41-14-13-40-28)20-9-10-23(26(33)16-20)32(39)36-11-5-2-6-12-36/h3-4,7-10,15-19,30,34,37H,2,5-6,11-14H2,1H3,(H,35,38)/t19?,30-/m1/s1. The molecule has 3 aromatic carbocycles. The van der Waals surface area contributed by atoms with Crippen molar-refractivity contribution >= 4 is 34.3 Å². The first kappa shape index (κ1) is 27.2. The van der Waals surface area contributed by atoms with E-state index < -0.39 is 12.1 Å². The summed E-state index contributed by atoms with van der Waals surface area (Å²) >= 11 is 6.61. The van der Waals surface area contributed by atoms with Crippen molar-refractivity contribution in [3.05, 3.63) is 82.5 Å². The molecule has 0 spiro atoms. The zero-order valence-corrected chi connectivity index (χ0v) is 23.5. The number of aromatic nitrogens is 1. The first-order valence-electron chi connectivity index (χ1n) is 14.0. The molecule has 0 saturated carbocycles. The van der Waals surface area contributed by atoms with Gasteiger partial charge in [0.15, 0.2) is 11.5 Å². The number of aliphatic hydroxyl groups is 1. The Morgan fingerprint density at radius 1 is 0.976 bits per heavy atom. The van der Waals surface area contributed by atoms with E-state index in [2.05, 4.69) is 10.3 Å². The molecular weight excluding hydrogens is 542 g/mol. The van der Waals surface area contributed by atoms with Crippen molar-refractivity contribution in [3.8, 4) is 22.6 Å². The van der Waals surface area contributed by atoms with Gasteiger partial charge in [0.1, 0.15) is 19.4 Å². The third kappa shape index (κ3) is 5.37. The molecule has 2 amide bonds. The molecule has 1 fully saturated rings. The van der Waals surface area contributed by atoms with Crippen molar-refractivity contribution < 1.29 is 24.2 Å². The molecule has 2 aliphatic heterocycles. The number of nitrogens with one attached hydrogen (secondary N) is 2. The van der Waals surface area contributed by atoms with Crippen LogP contribution in [-0.4, -0.2) is 59.3 Å². The summed E-state index contributed by atoms with van der Waals surface area (Å²) in [5.74, 6) is -0.178. The molecule has 0 bridgehead atoms. The highest BCUT2D eigenvalue weighted by molar-refractivity contribution is 6.34. The molecule has 2 aliphatic rings. The van der Waals surface area contributed by atoms with Gasteiger partial charge in [-0.3, -0.25) is 9.59 Å². The lowest BCUT2D eigenvalue weighted by atomic mass is 9.97. The Bertz CT molecular complexity index is 1610. The maximum atomic E-state index is 13.5. The van der Waals surface area contributed by atoms with Crippen molar-refractivity contribution in [1.29, 1.82) is 0 Å². The summed E-state index contributed by atoms with van der Waals surface area (Å²) in [4.78, 5) is 31.6. The lowest BCUT2D eigenvalue weighted by Gasteiger charge is -2.27. The molecule has 212 valence electrons. The predicted octanol–water partition coefficient (Wildman–Crippen LogP) is 5.74. The lowest BCUT2D eigenvalue weighted by Crippen LogP contribution is -2.38. The Balaban J connectivity index is 1.27. The molecule has 3 heterocycles. The number of rotatable bonds is 6. The molecule has 2 atom stereocenters. The van der Waals surface area contributed by atoms with E-state index in [1.807, 2.05) is 48.4 Å². The van der Waals surface area contributed by atoms with Gasteiger partial charge in [-0.1, -0.05) is 42.8 Å². The van der Waals surface area contributed by atoms with Crippen LogP contribution in [-0.2, 0) is 0 Å². The number of hydrogen-bond acceptors (Lipinski definition) is 5. The summed E-state index contributed by atoms with van der Waals surface area (Å²) in [5.41, 5.74) is 3.97. The van der Waals surface area contributed by atoms with Crippen LogP contribution in [0.5, 0.6) is 11.5 Å². The van der Waals surface area contributed by atoms with Crippen LogP contribution in [0.25, 0.3) is 22.0 Å². The predicted molar refractivity (Wildman–Crippen MR) is 158 cm³/mol. The molecule has 1 aromatic heterocycles. The number of halogens is 1. The highest BCUT2D eigenvalue weighted by Crippen LogP contribution is 2.39. The van der Waals surface area contributed by atoms with Crippen molar-refractivity contribution in [2.75, 3.05) is 26.3 Å². The van der Waals surface area contributed by atoms with Gasteiger partial charge >= 0.3 is 0 Å². The topological polar surface area (TPSA) is 104 Å². The number of nitrogens with zero attached hydrogens (tertiary/aromatic N) is 1. The Labute approximate surface area is 243 Å². The zero-order valence-electron chi connectivity index (χ0n) is 22.8. The number of piperidine rings is 1. The number of fused-ring (bicyclic) bond motifs is 2. The molecule has 0 radical (unpaired) electrons. The molecule has 1 saturated heterocycles. The van der Waals surface area contributed by atoms with Crippen molar-refractivity contribution in [3.63, 3.8) is 0 Å². The average molecular weight is 574 g/mol. The van der Waals surface area contributed by atoms with E-state index in [0.29, 0.717) is 40.9 Å². The molecule has 9 heteroatoms. The SMILES string of the molecule is CC(c1c[nH]c2ccccc12)[C@@H](O)NC(=O)c1cc(-c2ccc(C(=O)N3CCCCC3)c(Cl)c2)cc2c1OCCO2. The second kappa shape index (κ2) is 11.5. The molecule has 0 aliphatic carbocycles. The molecule has 6 rings (SSSR count). The van der Waals surface area contributed by atoms with Gasteiger partial charge in [0.25, 0.3) is 11.8 Å². The fourth-order valence-electron chi connectivity index (χ4n) is 5.60. The number of hydrogen-bond donors (Lipinski definition) is 3. The van der Waals surface area contributed by atoms with E-state index in [-0.39, 0.29) is 17.4 Å². The summed E-state index contributed by atoms with van der Waals surface area (Å²) < 4.78 is 11.7. The quantitative estimate of drug-likeness (QED) is 0.255. The maximum Gasteiger partial charge on any atom is 0.257 e. The number of carbonyl (C=O) groups is 2. The normalized spacial score (nSPS) is 16.3. The van der Waals surface area contributed by atoms with Gasteiger partial charge in [-0.05, 0) is 66.3 Å². The molecular formula is C32H32ClN3O5. The van der Waals surface area contributed by atoms with Crippen LogP contribution in [0, 0.1) is 0 Å². The minimum absolute atomic E-state index is 0.0678. The largest absolute Gasteiger partial charge is 0.486 e. The monoisotopic (exact) mass is 573 g/mol. The van der Waals surface area contributed by atoms with Gasteiger partial charge in [0, 0.05) is 36.1 Å². The summed E-state index contributed by atoms with van der Waals surface area (Å²) in [7, 11) is 0. The third-order valence-electron chi connectivity index (χ3n) is 7.93. The lowest BCUT2D eigenvalue weighted by molar-refractivity contribution is 0.0713. The smallest absolute Gasteiger partial charge is 0.257 e. The average Bonchev–Trinajstić information content (AvgIpc) is 3.44. The second-order valence-corrected chi connectivity index (χ2v) is 11.0. The van der Waals surface area contributed by atoms with Crippen LogP contribution in [0.15, 0.2) is 60.8 Å². The van der Waals surface area contributed by atoms with Crippen LogP contribution in [0.4, 0.5) is 0 Å². The van der Waals surface area contributed by atoms with Gasteiger partial charge in [0.05, 0.1) is 16.1 Å². The Morgan fingerprint density at radius 3 is 2.56 bits per heavy atom. The molecule has 4 aromatic rings. The number of aliphatic hydroxyl groups excluding tert-OH is 1. The number of ether oxygens (including phenoxy) is 2. The minimum atomic E-state index is -1.15. The number of likely N-dealkylation sites (tertiary alicyclic amines) is 1. The number of amides is 2. The van der Waals surface area contributed by atoms with Gasteiger partial charge < -0.3 is 29.8 Å². The summed E-state index contributed by atoms with van der Waals surface area (Å²) in [6.45, 7) is 3.99. The van der Waals surface area contributed by atoms with Gasteiger partial charge in [-0.15, -0.1) is 0 Å². The van der Waals surface area contributed by atoms with E-state index in [1.165, 1.54) is 0 Å². The van der Waals surface area contributed by atoms with E-state index in [9.17, 15) is 14.7 Å². The third-order valence-corrected chi connectivity index (χ3v) is 8.24. The van der Waals surface area contributed by atoms with Crippen molar-refractivity contribution in [2.24, 2.45) is 0 Å². The van der Waals surface area contributed by atoms with E-state index in [0.717, 1.165) is 54.4 Å². The highest BCUT2D eigenvalue weighted by Gasteiger charge is 2.27. The van der Waals surface area contributed by atoms with Crippen LogP contribution < -0.4 is 14.8 Å².